The summed E-state index contributed by atoms with van der Waals surface area (Å²) >= 11 is 1.35. The summed E-state index contributed by atoms with van der Waals surface area (Å²) in [6, 6.07) is -0.225. The van der Waals surface area contributed by atoms with Gasteiger partial charge in [-0.3, -0.25) is 4.79 Å². The Labute approximate surface area is 125 Å². The lowest BCUT2D eigenvalue weighted by Gasteiger charge is -2.25. The van der Waals surface area contributed by atoms with E-state index in [0.717, 1.165) is 12.1 Å². The monoisotopic (exact) mass is 298 g/mol. The van der Waals surface area contributed by atoms with Crippen LogP contribution >= 0.6 is 11.3 Å². The summed E-state index contributed by atoms with van der Waals surface area (Å²) in [5.74, 6) is -0.138. The Hall–Kier alpha value is -0.940. The minimum atomic E-state index is -0.225. The number of amides is 1. The number of hydrogen-bond donors (Lipinski definition) is 2. The van der Waals surface area contributed by atoms with E-state index in [1.807, 2.05) is 20.8 Å². The molecule has 1 heterocycles. The first-order valence-corrected chi connectivity index (χ1v) is 7.78. The molecule has 0 aliphatic heterocycles. The predicted octanol–water partition coefficient (Wildman–Crippen LogP) is 2.97. The summed E-state index contributed by atoms with van der Waals surface area (Å²) in [6.45, 7) is 12.3. The van der Waals surface area contributed by atoms with E-state index in [1.165, 1.54) is 11.3 Å². The van der Waals surface area contributed by atoms with Crippen molar-refractivity contribution in [3.8, 4) is 0 Å². The zero-order chi connectivity index (χ0) is 15.6. The minimum absolute atomic E-state index is 0.0489. The van der Waals surface area contributed by atoms with Crippen LogP contribution in [0.2, 0.25) is 0 Å². The molecule has 1 aromatic heterocycles. The van der Waals surface area contributed by atoms with Gasteiger partial charge in [0.2, 0.25) is 0 Å². The minimum Gasteiger partial charge on any atom is -0.394 e. The van der Waals surface area contributed by atoms with Crippen LogP contribution in [0.1, 0.15) is 63.3 Å². The van der Waals surface area contributed by atoms with Crippen molar-refractivity contribution in [3.63, 3.8) is 0 Å². The summed E-state index contributed by atoms with van der Waals surface area (Å²) in [4.78, 5) is 17.3. The maximum absolute atomic E-state index is 12.4. The third kappa shape index (κ3) is 4.87. The van der Waals surface area contributed by atoms with E-state index in [4.69, 9.17) is 0 Å². The van der Waals surface area contributed by atoms with Crippen LogP contribution in [0.3, 0.4) is 0 Å². The fraction of sp³-hybridized carbons (Fsp3) is 0.733. The first kappa shape index (κ1) is 17.1. The van der Waals surface area contributed by atoms with Crippen molar-refractivity contribution < 1.29 is 9.90 Å². The van der Waals surface area contributed by atoms with Gasteiger partial charge < -0.3 is 10.4 Å². The van der Waals surface area contributed by atoms with Gasteiger partial charge in [0.15, 0.2) is 0 Å². The fourth-order valence-corrected chi connectivity index (χ4v) is 2.99. The van der Waals surface area contributed by atoms with Gasteiger partial charge in [-0.1, -0.05) is 41.5 Å². The predicted molar refractivity (Wildman–Crippen MR) is 83.2 cm³/mol. The average molecular weight is 298 g/mol. The van der Waals surface area contributed by atoms with Crippen LogP contribution in [-0.2, 0) is 5.41 Å². The second kappa shape index (κ2) is 6.22. The molecule has 0 radical (unpaired) electrons. The molecule has 1 rings (SSSR count). The number of aliphatic hydroxyl groups is 1. The lowest BCUT2D eigenvalue weighted by atomic mass is 9.88. The Morgan fingerprint density at radius 2 is 1.95 bits per heavy atom. The molecule has 1 atom stereocenters. The summed E-state index contributed by atoms with van der Waals surface area (Å²) in [6.07, 6.45) is 0.735. The van der Waals surface area contributed by atoms with Gasteiger partial charge in [0, 0.05) is 5.41 Å². The number of aromatic nitrogens is 1. The highest BCUT2D eigenvalue weighted by atomic mass is 32.1. The quantitative estimate of drug-likeness (QED) is 0.898. The van der Waals surface area contributed by atoms with E-state index < -0.39 is 0 Å². The highest BCUT2D eigenvalue weighted by Crippen LogP contribution is 2.27. The van der Waals surface area contributed by atoms with E-state index in [0.29, 0.717) is 4.88 Å². The molecule has 4 nitrogen and oxygen atoms in total. The Kier molecular flexibility index (Phi) is 5.33. The summed E-state index contributed by atoms with van der Waals surface area (Å²) < 4.78 is 0. The van der Waals surface area contributed by atoms with Crippen molar-refractivity contribution in [2.75, 3.05) is 6.61 Å². The molecule has 0 fully saturated rings. The van der Waals surface area contributed by atoms with Gasteiger partial charge in [0.25, 0.3) is 5.91 Å². The standard InChI is InChI=1S/C15H26N2O2S/c1-14(2,3)7-10(8-18)17-13(19)11-12(15(4,5)6)16-9-20-11/h9-10,18H,7-8H2,1-6H3,(H,17,19). The molecular weight excluding hydrogens is 272 g/mol. The van der Waals surface area contributed by atoms with Crippen molar-refractivity contribution >= 4 is 17.2 Å². The average Bonchev–Trinajstić information content (AvgIpc) is 2.74. The normalized spacial score (nSPS) is 14.2. The first-order chi connectivity index (χ1) is 9.04. The van der Waals surface area contributed by atoms with Gasteiger partial charge >= 0.3 is 0 Å². The van der Waals surface area contributed by atoms with E-state index in [9.17, 15) is 9.90 Å². The van der Waals surface area contributed by atoms with Crippen molar-refractivity contribution in [1.29, 1.82) is 0 Å². The van der Waals surface area contributed by atoms with E-state index in [1.54, 1.807) is 5.51 Å². The number of carbonyl (C=O) groups is 1. The molecule has 0 aliphatic rings. The molecule has 1 amide bonds. The van der Waals surface area contributed by atoms with Crippen molar-refractivity contribution in [3.05, 3.63) is 16.1 Å². The molecule has 0 saturated carbocycles. The van der Waals surface area contributed by atoms with Crippen LogP contribution in [0.15, 0.2) is 5.51 Å². The largest absolute Gasteiger partial charge is 0.394 e. The number of hydrogen-bond acceptors (Lipinski definition) is 4. The molecule has 0 aliphatic carbocycles. The number of rotatable bonds is 4. The van der Waals surface area contributed by atoms with E-state index in [-0.39, 0.29) is 29.4 Å². The van der Waals surface area contributed by atoms with Crippen LogP contribution in [-0.4, -0.2) is 28.6 Å². The molecule has 0 bridgehead atoms. The number of nitrogens with zero attached hydrogens (tertiary/aromatic N) is 1. The van der Waals surface area contributed by atoms with Crippen molar-refractivity contribution in [2.45, 2.75) is 59.4 Å². The molecule has 0 saturated heterocycles. The zero-order valence-electron chi connectivity index (χ0n) is 13.3. The molecular formula is C15H26N2O2S. The van der Waals surface area contributed by atoms with Gasteiger partial charge in [-0.25, -0.2) is 4.98 Å². The molecule has 5 heteroatoms. The maximum atomic E-state index is 12.4. The summed E-state index contributed by atoms with van der Waals surface area (Å²) in [5.41, 5.74) is 2.41. The first-order valence-electron chi connectivity index (χ1n) is 6.90. The molecule has 1 aromatic rings. The number of nitrogens with one attached hydrogen (secondary N) is 1. The number of carbonyl (C=O) groups excluding carboxylic acids is 1. The van der Waals surface area contributed by atoms with Gasteiger partial charge in [-0.05, 0) is 11.8 Å². The van der Waals surface area contributed by atoms with Crippen molar-refractivity contribution in [2.24, 2.45) is 5.41 Å². The van der Waals surface area contributed by atoms with Gasteiger partial charge in [0.05, 0.1) is 23.9 Å². The number of aliphatic hydroxyl groups excluding tert-OH is 1. The van der Waals surface area contributed by atoms with Gasteiger partial charge in [-0.2, -0.15) is 0 Å². The maximum Gasteiger partial charge on any atom is 0.263 e. The Morgan fingerprint density at radius 3 is 2.40 bits per heavy atom. The topological polar surface area (TPSA) is 62.2 Å². The molecule has 114 valence electrons. The van der Waals surface area contributed by atoms with Crippen molar-refractivity contribution in [1.82, 2.24) is 10.3 Å². The van der Waals surface area contributed by atoms with Crippen LogP contribution < -0.4 is 5.32 Å². The molecule has 20 heavy (non-hydrogen) atoms. The highest BCUT2D eigenvalue weighted by molar-refractivity contribution is 7.11. The third-order valence-corrected chi connectivity index (χ3v) is 3.72. The van der Waals surface area contributed by atoms with E-state index in [2.05, 4.69) is 31.1 Å². The molecule has 1 unspecified atom stereocenters. The summed E-state index contributed by atoms with van der Waals surface area (Å²) in [5, 5.41) is 12.4. The van der Waals surface area contributed by atoms with Crippen LogP contribution in [0.5, 0.6) is 0 Å². The smallest absolute Gasteiger partial charge is 0.263 e. The Morgan fingerprint density at radius 1 is 1.35 bits per heavy atom. The van der Waals surface area contributed by atoms with E-state index >= 15 is 0 Å². The molecule has 0 spiro atoms. The Bertz CT molecular complexity index is 455. The molecule has 0 aromatic carbocycles. The zero-order valence-corrected chi connectivity index (χ0v) is 14.1. The fourth-order valence-electron chi connectivity index (χ4n) is 2.09. The molecule has 2 N–H and O–H groups in total. The Balaban J connectivity index is 2.83. The van der Waals surface area contributed by atoms with Gasteiger partial charge in [0.1, 0.15) is 4.88 Å². The lowest BCUT2D eigenvalue weighted by Crippen LogP contribution is -2.40. The highest BCUT2D eigenvalue weighted by Gasteiger charge is 2.27. The second-order valence-corrected chi connectivity index (χ2v) is 8.25. The SMILES string of the molecule is CC(C)(C)CC(CO)NC(=O)c1scnc1C(C)(C)C. The van der Waals surface area contributed by atoms with Crippen LogP contribution in [0, 0.1) is 5.41 Å². The number of thiazole rings is 1. The van der Waals surface area contributed by atoms with Crippen LogP contribution in [0.25, 0.3) is 0 Å². The third-order valence-electron chi connectivity index (χ3n) is 2.90. The second-order valence-electron chi connectivity index (χ2n) is 7.40. The lowest BCUT2D eigenvalue weighted by molar-refractivity contribution is 0.0899. The van der Waals surface area contributed by atoms with Crippen LogP contribution in [0.4, 0.5) is 0 Å². The summed E-state index contributed by atoms with van der Waals surface area (Å²) in [7, 11) is 0. The van der Waals surface area contributed by atoms with Gasteiger partial charge in [-0.15, -0.1) is 11.3 Å².